The van der Waals surface area contributed by atoms with Crippen molar-refractivity contribution in [1.82, 2.24) is 19.6 Å². The molecule has 1 aromatic carbocycles. The second kappa shape index (κ2) is 7.19. The van der Waals surface area contributed by atoms with Gasteiger partial charge in [-0.1, -0.05) is 18.2 Å². The molecule has 140 valence electrons. The highest BCUT2D eigenvalue weighted by Crippen LogP contribution is 2.34. The maximum absolute atomic E-state index is 14.4. The van der Waals surface area contributed by atoms with E-state index in [-0.39, 0.29) is 17.8 Å². The summed E-state index contributed by atoms with van der Waals surface area (Å²) in [5.74, 6) is -0.394. The van der Waals surface area contributed by atoms with Gasteiger partial charge in [-0.05, 0) is 46.9 Å². The van der Waals surface area contributed by atoms with Crippen molar-refractivity contribution in [1.29, 1.82) is 0 Å². The molecule has 3 rings (SSSR count). The van der Waals surface area contributed by atoms with Crippen LogP contribution in [0.5, 0.6) is 0 Å². The minimum Gasteiger partial charge on any atom is -0.334 e. The fourth-order valence-corrected chi connectivity index (χ4v) is 3.48. The normalized spacial score (nSPS) is 15.3. The third-order valence-corrected chi connectivity index (χ3v) is 5.21. The summed E-state index contributed by atoms with van der Waals surface area (Å²) < 4.78 is 16.2. The molecule has 0 N–H and O–H groups in total. The Labute approximate surface area is 154 Å². The van der Waals surface area contributed by atoms with Gasteiger partial charge in [-0.2, -0.15) is 5.10 Å². The Morgan fingerprint density at radius 1 is 1.31 bits per heavy atom. The number of amides is 1. The second-order valence-corrected chi connectivity index (χ2v) is 7.36. The molecule has 1 unspecified atom stereocenters. The van der Waals surface area contributed by atoms with Gasteiger partial charge in [-0.3, -0.25) is 14.4 Å². The number of aryl methyl sites for hydroxylation is 2. The third-order valence-electron chi connectivity index (χ3n) is 5.21. The van der Waals surface area contributed by atoms with Crippen molar-refractivity contribution in [2.24, 2.45) is 7.05 Å². The van der Waals surface area contributed by atoms with Crippen LogP contribution in [0.1, 0.15) is 41.4 Å². The predicted molar refractivity (Wildman–Crippen MR) is 99.1 cm³/mol. The Kier molecular flexibility index (Phi) is 5.14. The van der Waals surface area contributed by atoms with E-state index in [4.69, 9.17) is 0 Å². The van der Waals surface area contributed by atoms with Crippen molar-refractivity contribution in [3.8, 4) is 0 Å². The zero-order valence-corrected chi connectivity index (χ0v) is 16.2. The van der Waals surface area contributed by atoms with E-state index in [0.29, 0.717) is 12.1 Å². The van der Waals surface area contributed by atoms with Crippen LogP contribution in [0.2, 0.25) is 0 Å². The molecule has 5 nitrogen and oxygen atoms in total. The first-order valence-electron chi connectivity index (χ1n) is 9.01. The summed E-state index contributed by atoms with van der Waals surface area (Å²) in [6.07, 6.45) is 2.00. The van der Waals surface area contributed by atoms with Gasteiger partial charge in [0, 0.05) is 36.5 Å². The van der Waals surface area contributed by atoms with E-state index in [1.807, 2.05) is 44.6 Å². The molecule has 0 radical (unpaired) electrons. The summed E-state index contributed by atoms with van der Waals surface area (Å²) in [6.45, 7) is 4.51. The molecule has 0 bridgehead atoms. The van der Waals surface area contributed by atoms with Gasteiger partial charge < -0.3 is 4.90 Å². The predicted octanol–water partition coefficient (Wildman–Crippen LogP) is 2.97. The van der Waals surface area contributed by atoms with Gasteiger partial charge in [0.25, 0.3) is 0 Å². The molecule has 1 aliphatic carbocycles. The summed E-state index contributed by atoms with van der Waals surface area (Å²) >= 11 is 0. The van der Waals surface area contributed by atoms with Crippen molar-refractivity contribution in [3.05, 3.63) is 52.6 Å². The number of benzene rings is 1. The van der Waals surface area contributed by atoms with Crippen molar-refractivity contribution in [2.75, 3.05) is 14.1 Å². The van der Waals surface area contributed by atoms with Gasteiger partial charge >= 0.3 is 0 Å². The molecule has 1 aromatic heterocycles. The van der Waals surface area contributed by atoms with E-state index in [2.05, 4.69) is 5.10 Å². The average molecular weight is 358 g/mol. The summed E-state index contributed by atoms with van der Waals surface area (Å²) in [5.41, 5.74) is 3.51. The van der Waals surface area contributed by atoms with Gasteiger partial charge in [0.1, 0.15) is 11.9 Å². The molecular formula is C20H27FN4O. The number of rotatable bonds is 6. The van der Waals surface area contributed by atoms with Crippen molar-refractivity contribution in [3.63, 3.8) is 0 Å². The molecule has 1 fully saturated rings. The van der Waals surface area contributed by atoms with Crippen molar-refractivity contribution < 1.29 is 9.18 Å². The van der Waals surface area contributed by atoms with Crippen LogP contribution in [0.3, 0.4) is 0 Å². The van der Waals surface area contributed by atoms with Crippen LogP contribution in [0.25, 0.3) is 0 Å². The smallest absolute Gasteiger partial charge is 0.245 e. The maximum Gasteiger partial charge on any atom is 0.245 e. The highest BCUT2D eigenvalue weighted by Gasteiger charge is 2.38. The van der Waals surface area contributed by atoms with Gasteiger partial charge in [-0.15, -0.1) is 0 Å². The van der Waals surface area contributed by atoms with E-state index >= 15 is 0 Å². The number of aromatic nitrogens is 2. The monoisotopic (exact) mass is 358 g/mol. The highest BCUT2D eigenvalue weighted by molar-refractivity contribution is 5.84. The maximum atomic E-state index is 14.4. The van der Waals surface area contributed by atoms with Gasteiger partial charge in [0.2, 0.25) is 5.91 Å². The minimum absolute atomic E-state index is 0.0507. The Balaban J connectivity index is 1.94. The summed E-state index contributed by atoms with van der Waals surface area (Å²) in [5, 5.41) is 4.46. The molecular weight excluding hydrogens is 331 g/mol. The van der Waals surface area contributed by atoms with Crippen molar-refractivity contribution in [2.45, 2.75) is 45.3 Å². The second-order valence-electron chi connectivity index (χ2n) is 7.36. The van der Waals surface area contributed by atoms with E-state index in [1.165, 1.54) is 6.07 Å². The molecule has 6 heteroatoms. The largest absolute Gasteiger partial charge is 0.334 e. The number of halogens is 1. The fourth-order valence-electron chi connectivity index (χ4n) is 3.48. The van der Waals surface area contributed by atoms with E-state index in [0.717, 1.165) is 29.8 Å². The fraction of sp³-hybridized carbons (Fsp3) is 0.500. The van der Waals surface area contributed by atoms with Crippen molar-refractivity contribution >= 4 is 5.91 Å². The standard InChI is InChI=1S/C20H27FN4O/c1-13-17(14(2)24(5)22-13)12-25(15-10-11-15)20(26)19(23(3)4)16-8-6-7-9-18(16)21/h6-9,15,19H,10-12H2,1-5H3. The van der Waals surface area contributed by atoms with Crippen LogP contribution in [-0.4, -0.2) is 45.6 Å². The Bertz CT molecular complexity index is 810. The SMILES string of the molecule is Cc1nn(C)c(C)c1CN(C(=O)C(c1ccccc1F)N(C)C)C1CC1. The van der Waals surface area contributed by atoms with Crippen LogP contribution in [0.4, 0.5) is 4.39 Å². The zero-order chi connectivity index (χ0) is 19.0. The lowest BCUT2D eigenvalue weighted by Gasteiger charge is -2.31. The zero-order valence-electron chi connectivity index (χ0n) is 16.2. The minimum atomic E-state index is -0.630. The van der Waals surface area contributed by atoms with E-state index in [1.54, 1.807) is 23.1 Å². The first-order chi connectivity index (χ1) is 12.3. The molecule has 0 spiro atoms. The average Bonchev–Trinajstić information content (AvgIpc) is 3.37. The van der Waals surface area contributed by atoms with Gasteiger partial charge in [0.05, 0.1) is 5.69 Å². The van der Waals surface area contributed by atoms with Crippen LogP contribution < -0.4 is 0 Å². The van der Waals surface area contributed by atoms with E-state index in [9.17, 15) is 9.18 Å². The molecule has 1 amide bonds. The van der Waals surface area contributed by atoms with Crippen LogP contribution in [0.15, 0.2) is 24.3 Å². The first-order valence-corrected chi connectivity index (χ1v) is 9.01. The molecule has 26 heavy (non-hydrogen) atoms. The lowest BCUT2D eigenvalue weighted by atomic mass is 10.0. The number of hydrogen-bond acceptors (Lipinski definition) is 3. The van der Waals surface area contributed by atoms with Crippen LogP contribution in [-0.2, 0) is 18.4 Å². The Morgan fingerprint density at radius 2 is 1.96 bits per heavy atom. The summed E-state index contributed by atoms with van der Waals surface area (Å²) in [6, 6.07) is 6.14. The lowest BCUT2D eigenvalue weighted by Crippen LogP contribution is -2.42. The Hall–Kier alpha value is -2.21. The number of likely N-dealkylation sites (N-methyl/N-ethyl adjacent to an activating group) is 1. The number of nitrogens with zero attached hydrogens (tertiary/aromatic N) is 4. The first kappa shape index (κ1) is 18.6. The molecule has 1 atom stereocenters. The third kappa shape index (κ3) is 3.51. The topological polar surface area (TPSA) is 41.4 Å². The summed E-state index contributed by atoms with van der Waals surface area (Å²) in [7, 11) is 5.55. The number of carbonyl (C=O) groups excluding carboxylic acids is 1. The molecule has 1 saturated carbocycles. The summed E-state index contributed by atoms with van der Waals surface area (Å²) in [4.78, 5) is 17.1. The highest BCUT2D eigenvalue weighted by atomic mass is 19.1. The number of carbonyl (C=O) groups is 1. The molecule has 1 heterocycles. The van der Waals surface area contributed by atoms with Gasteiger partial charge in [-0.25, -0.2) is 4.39 Å². The quantitative estimate of drug-likeness (QED) is 0.797. The van der Waals surface area contributed by atoms with Crippen LogP contribution in [0, 0.1) is 19.7 Å². The van der Waals surface area contributed by atoms with Crippen LogP contribution >= 0.6 is 0 Å². The molecule has 0 saturated heterocycles. The molecule has 1 aliphatic rings. The Morgan fingerprint density at radius 3 is 2.46 bits per heavy atom. The van der Waals surface area contributed by atoms with E-state index < -0.39 is 6.04 Å². The molecule has 2 aromatic rings. The van der Waals surface area contributed by atoms with Gasteiger partial charge in [0.15, 0.2) is 0 Å². The number of hydrogen-bond donors (Lipinski definition) is 0. The lowest BCUT2D eigenvalue weighted by molar-refractivity contribution is -0.137. The molecule has 0 aliphatic heterocycles.